The largest absolute Gasteiger partial charge is 0.508 e. The predicted octanol–water partition coefficient (Wildman–Crippen LogP) is 1.80. The lowest BCUT2D eigenvalue weighted by atomic mass is 10.0. The van der Waals surface area contributed by atoms with Crippen LogP contribution in [0.4, 0.5) is 0 Å². The van der Waals surface area contributed by atoms with Crippen LogP contribution >= 0.6 is 0 Å². The predicted molar refractivity (Wildman–Crippen MR) is 58.8 cm³/mol. The van der Waals surface area contributed by atoms with E-state index in [1.54, 1.807) is 6.07 Å². The van der Waals surface area contributed by atoms with Crippen LogP contribution in [0.1, 0.15) is 25.3 Å². The van der Waals surface area contributed by atoms with Gasteiger partial charge in [0.2, 0.25) is 0 Å². The molecule has 0 amide bonds. The molecule has 0 spiro atoms. The first-order chi connectivity index (χ1) is 6.98. The summed E-state index contributed by atoms with van der Waals surface area (Å²) in [6, 6.07) is 4.66. The molecular weight excluding hydrogens is 190 g/mol. The Morgan fingerprint density at radius 2 is 2.00 bits per heavy atom. The maximum Gasteiger partial charge on any atom is 0.119 e. The van der Waals surface area contributed by atoms with Gasteiger partial charge in [-0.3, -0.25) is 0 Å². The number of hydrogen-bond donors (Lipinski definition) is 3. The second-order valence-electron chi connectivity index (χ2n) is 4.88. The first kappa shape index (κ1) is 10.3. The van der Waals surface area contributed by atoms with Crippen LogP contribution in [0.5, 0.6) is 11.5 Å². The standard InChI is InChI=1S/C12H17NO2/c1-12(2)9(6-13)11(12)8-5-7(14)3-4-10(8)15/h3-5,9,11,14-15H,6,13H2,1-2H3/t9-,11-/m0/s1. The van der Waals surface area contributed by atoms with Gasteiger partial charge in [-0.15, -0.1) is 0 Å². The SMILES string of the molecule is CC1(C)[C@@H](CN)[C@@H]1c1cc(O)ccc1O. The van der Waals surface area contributed by atoms with E-state index in [4.69, 9.17) is 5.73 Å². The lowest BCUT2D eigenvalue weighted by Gasteiger charge is -2.06. The Kier molecular flexibility index (Phi) is 2.15. The minimum absolute atomic E-state index is 0.125. The van der Waals surface area contributed by atoms with E-state index < -0.39 is 0 Å². The van der Waals surface area contributed by atoms with Crippen LogP contribution in [0.3, 0.4) is 0 Å². The lowest BCUT2D eigenvalue weighted by Crippen LogP contribution is -2.05. The number of hydrogen-bond acceptors (Lipinski definition) is 3. The number of nitrogens with two attached hydrogens (primary N) is 1. The minimum atomic E-state index is 0.125. The van der Waals surface area contributed by atoms with E-state index >= 15 is 0 Å². The molecule has 82 valence electrons. The Balaban J connectivity index is 2.36. The van der Waals surface area contributed by atoms with E-state index in [0.717, 1.165) is 5.56 Å². The van der Waals surface area contributed by atoms with E-state index in [1.807, 2.05) is 0 Å². The maximum atomic E-state index is 9.74. The van der Waals surface area contributed by atoms with E-state index in [1.165, 1.54) is 12.1 Å². The molecule has 0 unspecified atom stereocenters. The van der Waals surface area contributed by atoms with Crippen LogP contribution in [0.25, 0.3) is 0 Å². The van der Waals surface area contributed by atoms with Crippen molar-refractivity contribution in [2.24, 2.45) is 17.1 Å². The van der Waals surface area contributed by atoms with E-state index in [-0.39, 0.29) is 22.8 Å². The molecule has 3 nitrogen and oxygen atoms in total. The Bertz CT molecular complexity index is 387. The Hall–Kier alpha value is -1.22. The number of aromatic hydroxyl groups is 2. The van der Waals surface area contributed by atoms with E-state index in [9.17, 15) is 10.2 Å². The highest BCUT2D eigenvalue weighted by Crippen LogP contribution is 2.65. The highest BCUT2D eigenvalue weighted by atomic mass is 16.3. The summed E-state index contributed by atoms with van der Waals surface area (Å²) >= 11 is 0. The van der Waals surface area contributed by atoms with Crippen molar-refractivity contribution in [3.63, 3.8) is 0 Å². The second-order valence-corrected chi connectivity index (χ2v) is 4.88. The highest BCUT2D eigenvalue weighted by Gasteiger charge is 2.58. The van der Waals surface area contributed by atoms with Gasteiger partial charge in [0.25, 0.3) is 0 Å². The molecule has 2 atom stereocenters. The quantitative estimate of drug-likeness (QED) is 0.648. The first-order valence-electron chi connectivity index (χ1n) is 5.20. The van der Waals surface area contributed by atoms with Gasteiger partial charge in [0.1, 0.15) is 11.5 Å². The molecule has 0 radical (unpaired) electrons. The molecule has 1 aliphatic rings. The molecule has 1 aromatic carbocycles. The van der Waals surface area contributed by atoms with Gasteiger partial charge in [-0.05, 0) is 42.0 Å². The van der Waals surface area contributed by atoms with Crippen LogP contribution in [0, 0.1) is 11.3 Å². The fourth-order valence-corrected chi connectivity index (χ4v) is 2.59. The Morgan fingerprint density at radius 1 is 1.33 bits per heavy atom. The Morgan fingerprint density at radius 3 is 2.53 bits per heavy atom. The molecule has 0 heterocycles. The summed E-state index contributed by atoms with van der Waals surface area (Å²) in [5.41, 5.74) is 6.62. The average molecular weight is 207 g/mol. The van der Waals surface area contributed by atoms with Crippen LogP contribution in [0.2, 0.25) is 0 Å². The van der Waals surface area contributed by atoms with Crippen molar-refractivity contribution in [3.05, 3.63) is 23.8 Å². The molecule has 1 aliphatic carbocycles. The molecule has 15 heavy (non-hydrogen) atoms. The summed E-state index contributed by atoms with van der Waals surface area (Å²) in [7, 11) is 0. The molecule has 4 N–H and O–H groups in total. The van der Waals surface area contributed by atoms with Gasteiger partial charge in [-0.25, -0.2) is 0 Å². The zero-order chi connectivity index (χ0) is 11.2. The fourth-order valence-electron chi connectivity index (χ4n) is 2.59. The summed E-state index contributed by atoms with van der Waals surface area (Å²) in [6.07, 6.45) is 0. The van der Waals surface area contributed by atoms with Gasteiger partial charge in [0.15, 0.2) is 0 Å². The first-order valence-corrected chi connectivity index (χ1v) is 5.20. The lowest BCUT2D eigenvalue weighted by molar-refractivity contribution is 0.451. The second kappa shape index (κ2) is 3.14. The molecule has 0 aromatic heterocycles. The molecule has 2 rings (SSSR count). The van der Waals surface area contributed by atoms with Gasteiger partial charge in [0.05, 0.1) is 0 Å². The van der Waals surface area contributed by atoms with E-state index in [2.05, 4.69) is 13.8 Å². The van der Waals surface area contributed by atoms with Crippen molar-refractivity contribution in [2.75, 3.05) is 6.54 Å². The van der Waals surface area contributed by atoms with Gasteiger partial charge in [-0.2, -0.15) is 0 Å². The van der Waals surface area contributed by atoms with Crippen LogP contribution in [-0.2, 0) is 0 Å². The topological polar surface area (TPSA) is 66.5 Å². The molecule has 3 heteroatoms. The van der Waals surface area contributed by atoms with Gasteiger partial charge in [-0.1, -0.05) is 13.8 Å². The number of phenolic OH excluding ortho intramolecular Hbond substituents is 2. The smallest absolute Gasteiger partial charge is 0.119 e. The highest BCUT2D eigenvalue weighted by molar-refractivity contribution is 5.45. The molecule has 0 aliphatic heterocycles. The molecule has 1 saturated carbocycles. The molecular formula is C12H17NO2. The maximum absolute atomic E-state index is 9.74. The number of rotatable bonds is 2. The third kappa shape index (κ3) is 1.47. The number of benzene rings is 1. The van der Waals surface area contributed by atoms with Crippen LogP contribution in [-0.4, -0.2) is 16.8 Å². The zero-order valence-electron chi connectivity index (χ0n) is 9.07. The monoisotopic (exact) mass is 207 g/mol. The third-order valence-electron chi connectivity index (χ3n) is 3.65. The summed E-state index contributed by atoms with van der Waals surface area (Å²) in [5, 5.41) is 19.1. The van der Waals surface area contributed by atoms with Crippen LogP contribution < -0.4 is 5.73 Å². The van der Waals surface area contributed by atoms with Gasteiger partial charge < -0.3 is 15.9 Å². The van der Waals surface area contributed by atoms with Gasteiger partial charge in [0, 0.05) is 5.56 Å². The zero-order valence-corrected chi connectivity index (χ0v) is 9.07. The molecule has 1 aromatic rings. The summed E-state index contributed by atoms with van der Waals surface area (Å²) in [4.78, 5) is 0. The van der Waals surface area contributed by atoms with Crippen molar-refractivity contribution in [3.8, 4) is 11.5 Å². The molecule has 1 fully saturated rings. The van der Waals surface area contributed by atoms with E-state index in [0.29, 0.717) is 12.5 Å². The van der Waals surface area contributed by atoms with Crippen molar-refractivity contribution in [1.29, 1.82) is 0 Å². The summed E-state index contributed by atoms with van der Waals surface area (Å²) in [5.74, 6) is 1.10. The normalized spacial score (nSPS) is 27.7. The van der Waals surface area contributed by atoms with Gasteiger partial charge >= 0.3 is 0 Å². The fraction of sp³-hybridized carbons (Fsp3) is 0.500. The Labute approximate surface area is 89.5 Å². The van der Waals surface area contributed by atoms with Crippen LogP contribution in [0.15, 0.2) is 18.2 Å². The van der Waals surface area contributed by atoms with Crippen molar-refractivity contribution in [2.45, 2.75) is 19.8 Å². The molecule has 0 bridgehead atoms. The average Bonchev–Trinajstić information content (AvgIpc) is 2.72. The number of phenols is 2. The summed E-state index contributed by atoms with van der Waals surface area (Å²) in [6.45, 7) is 4.89. The third-order valence-corrected chi connectivity index (χ3v) is 3.65. The summed E-state index contributed by atoms with van der Waals surface area (Å²) < 4.78 is 0. The van der Waals surface area contributed by atoms with Crippen molar-refractivity contribution < 1.29 is 10.2 Å². The molecule has 0 saturated heterocycles. The van der Waals surface area contributed by atoms with Crippen molar-refractivity contribution >= 4 is 0 Å². The van der Waals surface area contributed by atoms with Crippen molar-refractivity contribution in [1.82, 2.24) is 0 Å². The minimum Gasteiger partial charge on any atom is -0.508 e.